The van der Waals surface area contributed by atoms with Crippen molar-refractivity contribution in [1.82, 2.24) is 14.7 Å². The van der Waals surface area contributed by atoms with E-state index in [1.165, 1.54) is 0 Å². The lowest BCUT2D eigenvalue weighted by atomic mass is 10.0. The Bertz CT molecular complexity index is 449. The molecule has 1 amide bonds. The van der Waals surface area contributed by atoms with E-state index in [-0.39, 0.29) is 18.1 Å². The fourth-order valence-corrected chi connectivity index (χ4v) is 3.15. The van der Waals surface area contributed by atoms with Crippen molar-refractivity contribution in [3.8, 4) is 0 Å². The molecular weight excluding hydrogens is 282 g/mol. The van der Waals surface area contributed by atoms with E-state index >= 15 is 0 Å². The van der Waals surface area contributed by atoms with Crippen LogP contribution < -0.4 is 0 Å². The van der Waals surface area contributed by atoms with E-state index in [2.05, 4.69) is 5.10 Å². The van der Waals surface area contributed by atoms with Crippen molar-refractivity contribution in [3.63, 3.8) is 0 Å². The van der Waals surface area contributed by atoms with Gasteiger partial charge in [-0.2, -0.15) is 5.10 Å². The van der Waals surface area contributed by atoms with E-state index in [4.69, 9.17) is 4.74 Å². The first-order valence-electron chi connectivity index (χ1n) is 8.07. The molecule has 6 heteroatoms. The number of carbonyl (C=O) groups is 1. The highest BCUT2D eigenvalue weighted by Crippen LogP contribution is 2.24. The van der Waals surface area contributed by atoms with Crippen molar-refractivity contribution >= 4 is 5.91 Å². The molecule has 1 aliphatic rings. The molecule has 1 fully saturated rings. The number of likely N-dealkylation sites (N-methyl/N-ethyl adjacent to an activating group) is 1. The molecule has 0 aromatic carbocycles. The lowest BCUT2D eigenvalue weighted by Gasteiger charge is -2.33. The van der Waals surface area contributed by atoms with Crippen LogP contribution in [0.4, 0.5) is 0 Å². The van der Waals surface area contributed by atoms with Crippen LogP contribution in [0, 0.1) is 0 Å². The van der Waals surface area contributed by atoms with Crippen LogP contribution in [0.1, 0.15) is 38.5 Å². The van der Waals surface area contributed by atoms with Crippen LogP contribution in [0.5, 0.6) is 0 Å². The van der Waals surface area contributed by atoms with E-state index < -0.39 is 6.10 Å². The van der Waals surface area contributed by atoms with E-state index in [1.54, 1.807) is 25.3 Å². The Morgan fingerprint density at radius 3 is 2.91 bits per heavy atom. The van der Waals surface area contributed by atoms with Crippen LogP contribution in [0.25, 0.3) is 0 Å². The van der Waals surface area contributed by atoms with Crippen LogP contribution in [0.3, 0.4) is 0 Å². The maximum Gasteiger partial charge on any atom is 0.222 e. The summed E-state index contributed by atoms with van der Waals surface area (Å²) in [7, 11) is 3.42. The monoisotopic (exact) mass is 309 g/mol. The second-order valence-corrected chi connectivity index (χ2v) is 5.99. The second kappa shape index (κ2) is 8.29. The largest absolute Gasteiger partial charge is 0.388 e. The Morgan fingerprint density at radius 2 is 2.23 bits per heavy atom. The summed E-state index contributed by atoms with van der Waals surface area (Å²) >= 11 is 0. The normalized spacial score (nSPS) is 25.7. The van der Waals surface area contributed by atoms with Gasteiger partial charge in [0.2, 0.25) is 5.91 Å². The fourth-order valence-electron chi connectivity index (χ4n) is 3.15. The van der Waals surface area contributed by atoms with Crippen LogP contribution in [-0.4, -0.2) is 58.1 Å². The summed E-state index contributed by atoms with van der Waals surface area (Å²) in [5.74, 6) is 0.0768. The summed E-state index contributed by atoms with van der Waals surface area (Å²) < 4.78 is 7.20. The summed E-state index contributed by atoms with van der Waals surface area (Å²) in [4.78, 5) is 14.1. The Kier molecular flexibility index (Phi) is 6.39. The van der Waals surface area contributed by atoms with Crippen LogP contribution in [-0.2, 0) is 16.1 Å². The van der Waals surface area contributed by atoms with Gasteiger partial charge in [0, 0.05) is 39.5 Å². The predicted octanol–water partition coefficient (Wildman–Crippen LogP) is 1.44. The van der Waals surface area contributed by atoms with Gasteiger partial charge in [0.05, 0.1) is 12.1 Å². The highest BCUT2D eigenvalue weighted by atomic mass is 16.5. The smallest absolute Gasteiger partial charge is 0.222 e. The molecule has 1 aromatic rings. The molecule has 1 aliphatic carbocycles. The number of carbonyl (C=O) groups excluding carboxylic acids is 1. The molecule has 1 heterocycles. The molecule has 1 aromatic heterocycles. The Balaban J connectivity index is 1.85. The van der Waals surface area contributed by atoms with Crippen LogP contribution in [0.15, 0.2) is 18.5 Å². The fraction of sp³-hybridized carbons (Fsp3) is 0.750. The minimum atomic E-state index is -0.604. The van der Waals surface area contributed by atoms with Gasteiger partial charge >= 0.3 is 0 Å². The minimum absolute atomic E-state index is 0.0768. The number of nitrogens with zero attached hydrogens (tertiary/aromatic N) is 3. The first kappa shape index (κ1) is 17.0. The predicted molar refractivity (Wildman–Crippen MR) is 83.3 cm³/mol. The maximum absolute atomic E-state index is 12.4. The average molecular weight is 309 g/mol. The topological polar surface area (TPSA) is 67.6 Å². The van der Waals surface area contributed by atoms with Crippen LogP contribution in [0.2, 0.25) is 0 Å². The van der Waals surface area contributed by atoms with E-state index in [0.29, 0.717) is 6.42 Å². The number of hydrogen-bond acceptors (Lipinski definition) is 4. The van der Waals surface area contributed by atoms with Crippen LogP contribution >= 0.6 is 0 Å². The van der Waals surface area contributed by atoms with Gasteiger partial charge in [0.15, 0.2) is 0 Å². The quantitative estimate of drug-likeness (QED) is 0.808. The zero-order valence-electron chi connectivity index (χ0n) is 13.5. The lowest BCUT2D eigenvalue weighted by molar-refractivity contribution is -0.137. The van der Waals surface area contributed by atoms with Gasteiger partial charge in [-0.05, 0) is 25.3 Å². The standard InChI is InChI=1S/C16H27N3O3/c1-18(13-7-3-4-8-14(22-2)16(13)21)15(20)9-5-11-19-12-6-10-17-19/h6,10,12-14,16,21H,3-5,7-9,11H2,1-2H3/t13-,14-,16-/m1/s1. The van der Waals surface area contributed by atoms with Crippen molar-refractivity contribution in [2.75, 3.05) is 14.2 Å². The lowest BCUT2D eigenvalue weighted by Crippen LogP contribution is -2.48. The molecule has 1 N–H and O–H groups in total. The van der Waals surface area contributed by atoms with Gasteiger partial charge in [-0.25, -0.2) is 0 Å². The van der Waals surface area contributed by atoms with Gasteiger partial charge in [-0.1, -0.05) is 12.8 Å². The molecule has 2 rings (SSSR count). The molecule has 0 aliphatic heterocycles. The first-order valence-corrected chi connectivity index (χ1v) is 8.07. The van der Waals surface area contributed by atoms with Crippen molar-refractivity contribution in [1.29, 1.82) is 0 Å². The van der Waals surface area contributed by atoms with Gasteiger partial charge < -0.3 is 14.7 Å². The van der Waals surface area contributed by atoms with E-state index in [1.807, 2.05) is 16.9 Å². The molecule has 6 nitrogen and oxygen atoms in total. The molecule has 1 saturated carbocycles. The molecule has 0 saturated heterocycles. The molecule has 3 atom stereocenters. The zero-order valence-corrected chi connectivity index (χ0v) is 13.5. The minimum Gasteiger partial charge on any atom is -0.388 e. The van der Waals surface area contributed by atoms with Gasteiger partial charge in [0.1, 0.15) is 6.10 Å². The molecule has 0 unspecified atom stereocenters. The number of hydrogen-bond donors (Lipinski definition) is 1. The van der Waals surface area contributed by atoms with Gasteiger partial charge in [-0.15, -0.1) is 0 Å². The summed E-state index contributed by atoms with van der Waals surface area (Å²) in [6.45, 7) is 0.737. The molecule has 22 heavy (non-hydrogen) atoms. The van der Waals surface area contributed by atoms with Crippen molar-refractivity contribution in [2.24, 2.45) is 0 Å². The first-order chi connectivity index (χ1) is 10.6. The average Bonchev–Trinajstić information content (AvgIpc) is 2.96. The number of amides is 1. The molecular formula is C16H27N3O3. The number of methoxy groups -OCH3 is 1. The second-order valence-electron chi connectivity index (χ2n) is 5.99. The van der Waals surface area contributed by atoms with E-state index in [0.717, 1.165) is 38.6 Å². The van der Waals surface area contributed by atoms with Crippen molar-refractivity contribution in [3.05, 3.63) is 18.5 Å². The molecule has 0 bridgehead atoms. The number of aliphatic hydroxyl groups excluding tert-OH is 1. The maximum atomic E-state index is 12.4. The third-order valence-corrected chi connectivity index (χ3v) is 4.54. The summed E-state index contributed by atoms with van der Waals surface area (Å²) in [6, 6.07) is 1.73. The molecule has 0 spiro atoms. The SMILES string of the molecule is CO[C@@H]1CCCC[C@@H](N(C)C(=O)CCCn2cccn2)[C@H]1O. The van der Waals surface area contributed by atoms with Crippen molar-refractivity contribution < 1.29 is 14.6 Å². The van der Waals surface area contributed by atoms with Gasteiger partial charge in [0.25, 0.3) is 0 Å². The molecule has 0 radical (unpaired) electrons. The Labute approximate surface area is 132 Å². The van der Waals surface area contributed by atoms with Gasteiger partial charge in [-0.3, -0.25) is 9.48 Å². The molecule has 124 valence electrons. The zero-order chi connectivity index (χ0) is 15.9. The number of rotatable bonds is 6. The number of aromatic nitrogens is 2. The summed E-state index contributed by atoms with van der Waals surface area (Å²) in [5.41, 5.74) is 0. The highest BCUT2D eigenvalue weighted by Gasteiger charge is 2.34. The number of ether oxygens (including phenoxy) is 1. The Hall–Kier alpha value is -1.40. The van der Waals surface area contributed by atoms with E-state index in [9.17, 15) is 9.90 Å². The number of aryl methyl sites for hydroxylation is 1. The van der Waals surface area contributed by atoms with Crippen molar-refractivity contribution in [2.45, 2.75) is 63.3 Å². The summed E-state index contributed by atoms with van der Waals surface area (Å²) in [5, 5.41) is 14.6. The Morgan fingerprint density at radius 1 is 1.45 bits per heavy atom. The third-order valence-electron chi connectivity index (χ3n) is 4.54. The number of aliphatic hydroxyl groups is 1. The summed E-state index contributed by atoms with van der Waals surface area (Å²) in [6.07, 6.45) is 7.82. The third kappa shape index (κ3) is 4.30. The highest BCUT2D eigenvalue weighted by molar-refractivity contribution is 5.76.